The van der Waals surface area contributed by atoms with E-state index in [0.29, 0.717) is 10.9 Å². The molecule has 96 valence electrons. The van der Waals surface area contributed by atoms with Crippen molar-refractivity contribution in [1.82, 2.24) is 9.97 Å². The lowest BCUT2D eigenvalue weighted by atomic mass is 10.0. The van der Waals surface area contributed by atoms with Crippen molar-refractivity contribution in [3.63, 3.8) is 0 Å². The van der Waals surface area contributed by atoms with E-state index in [1.54, 1.807) is 0 Å². The first kappa shape index (κ1) is 12.2. The molecule has 0 unspecified atom stereocenters. The van der Waals surface area contributed by atoms with Crippen LogP contribution in [0.2, 0.25) is 5.02 Å². The lowest BCUT2D eigenvalue weighted by molar-refractivity contribution is 0.867. The predicted molar refractivity (Wildman–Crippen MR) is 80.6 cm³/mol. The summed E-state index contributed by atoms with van der Waals surface area (Å²) in [5.74, 6) is 1.40. The number of halogens is 1. The fraction of sp³-hybridized carbons (Fsp3) is 0.188. The summed E-state index contributed by atoms with van der Waals surface area (Å²) >= 11 is 6.14. The van der Waals surface area contributed by atoms with Crippen LogP contribution in [0.25, 0.3) is 22.4 Å². The van der Waals surface area contributed by atoms with Gasteiger partial charge in [-0.1, -0.05) is 55.8 Å². The van der Waals surface area contributed by atoms with Crippen LogP contribution in [0, 0.1) is 0 Å². The van der Waals surface area contributed by atoms with Crippen molar-refractivity contribution in [3.05, 3.63) is 53.1 Å². The molecule has 3 aromatic rings. The van der Waals surface area contributed by atoms with Crippen molar-refractivity contribution in [2.45, 2.75) is 19.8 Å². The highest BCUT2D eigenvalue weighted by atomic mass is 35.5. The highest BCUT2D eigenvalue weighted by Crippen LogP contribution is 2.26. The van der Waals surface area contributed by atoms with Gasteiger partial charge >= 0.3 is 0 Å². The Morgan fingerprint density at radius 2 is 1.79 bits per heavy atom. The number of imidazole rings is 1. The van der Waals surface area contributed by atoms with E-state index >= 15 is 0 Å². The normalized spacial score (nSPS) is 11.4. The number of aromatic nitrogens is 2. The van der Waals surface area contributed by atoms with Crippen LogP contribution in [0.1, 0.15) is 25.3 Å². The highest BCUT2D eigenvalue weighted by molar-refractivity contribution is 6.34. The second kappa shape index (κ2) is 4.71. The molecule has 0 amide bonds. The zero-order valence-electron chi connectivity index (χ0n) is 10.9. The molecule has 0 aliphatic carbocycles. The fourth-order valence-corrected chi connectivity index (χ4v) is 2.38. The van der Waals surface area contributed by atoms with Gasteiger partial charge in [-0.25, -0.2) is 4.98 Å². The van der Waals surface area contributed by atoms with E-state index in [-0.39, 0.29) is 0 Å². The van der Waals surface area contributed by atoms with Crippen molar-refractivity contribution in [1.29, 1.82) is 0 Å². The van der Waals surface area contributed by atoms with Gasteiger partial charge in [0.1, 0.15) is 11.3 Å². The minimum atomic E-state index is 0.541. The first-order chi connectivity index (χ1) is 9.15. The van der Waals surface area contributed by atoms with Crippen molar-refractivity contribution in [2.75, 3.05) is 0 Å². The summed E-state index contributed by atoms with van der Waals surface area (Å²) in [6.07, 6.45) is 0. The molecule has 0 saturated carbocycles. The van der Waals surface area contributed by atoms with E-state index in [1.807, 2.05) is 18.2 Å². The molecule has 0 fully saturated rings. The minimum Gasteiger partial charge on any atom is -0.338 e. The predicted octanol–water partition coefficient (Wildman–Crippen LogP) is 5.01. The maximum Gasteiger partial charge on any atom is 0.138 e. The van der Waals surface area contributed by atoms with Crippen LogP contribution in [-0.4, -0.2) is 9.97 Å². The summed E-state index contributed by atoms with van der Waals surface area (Å²) in [7, 11) is 0. The smallest absolute Gasteiger partial charge is 0.138 e. The van der Waals surface area contributed by atoms with Gasteiger partial charge in [-0.2, -0.15) is 0 Å². The third-order valence-electron chi connectivity index (χ3n) is 3.31. The van der Waals surface area contributed by atoms with Gasteiger partial charge in [0.2, 0.25) is 0 Å². The summed E-state index contributed by atoms with van der Waals surface area (Å²) in [4.78, 5) is 7.88. The van der Waals surface area contributed by atoms with E-state index in [0.717, 1.165) is 22.4 Å². The molecule has 0 spiro atoms. The molecule has 1 heterocycles. The molecule has 19 heavy (non-hydrogen) atoms. The summed E-state index contributed by atoms with van der Waals surface area (Å²) in [5, 5.41) is 0.679. The molecule has 0 bridgehead atoms. The molecule has 0 aliphatic rings. The van der Waals surface area contributed by atoms with Gasteiger partial charge in [0, 0.05) is 5.56 Å². The number of hydrogen-bond acceptors (Lipinski definition) is 1. The molecule has 0 radical (unpaired) electrons. The fourth-order valence-electron chi connectivity index (χ4n) is 2.16. The number of aromatic amines is 1. The average molecular weight is 271 g/mol. The number of hydrogen-bond donors (Lipinski definition) is 1. The van der Waals surface area contributed by atoms with Gasteiger partial charge in [-0.05, 0) is 23.6 Å². The molecule has 1 aromatic heterocycles. The van der Waals surface area contributed by atoms with Crippen LogP contribution in [0.15, 0.2) is 42.5 Å². The Hall–Kier alpha value is -1.80. The lowest BCUT2D eigenvalue weighted by Crippen LogP contribution is -1.87. The second-order valence-electron chi connectivity index (χ2n) is 5.00. The van der Waals surface area contributed by atoms with Gasteiger partial charge in [0.25, 0.3) is 0 Å². The van der Waals surface area contributed by atoms with Gasteiger partial charge in [-0.3, -0.25) is 0 Å². The Labute approximate surface area is 117 Å². The molecule has 3 rings (SSSR count). The number of fused-ring (bicyclic) bond motifs is 1. The minimum absolute atomic E-state index is 0.541. The van der Waals surface area contributed by atoms with E-state index in [9.17, 15) is 0 Å². The Morgan fingerprint density at radius 1 is 1.05 bits per heavy atom. The third-order valence-corrected chi connectivity index (χ3v) is 3.62. The second-order valence-corrected chi connectivity index (χ2v) is 5.41. The zero-order valence-corrected chi connectivity index (χ0v) is 11.7. The Kier molecular flexibility index (Phi) is 3.03. The van der Waals surface area contributed by atoms with Crippen LogP contribution >= 0.6 is 11.6 Å². The standard InChI is InChI=1S/C16H15ClN2/c1-10(2)11-6-8-12(9-7-11)16-18-14-5-3-4-13(17)15(14)19-16/h3-10H,1-2H3,(H,18,19). The maximum absolute atomic E-state index is 6.14. The highest BCUT2D eigenvalue weighted by Gasteiger charge is 2.08. The van der Waals surface area contributed by atoms with E-state index in [4.69, 9.17) is 11.6 Å². The van der Waals surface area contributed by atoms with Gasteiger partial charge in [-0.15, -0.1) is 0 Å². The monoisotopic (exact) mass is 270 g/mol. The molecule has 1 N–H and O–H groups in total. The first-order valence-corrected chi connectivity index (χ1v) is 6.77. The lowest BCUT2D eigenvalue weighted by Gasteiger charge is -2.05. The number of benzene rings is 2. The molecule has 0 saturated heterocycles. The molecule has 2 nitrogen and oxygen atoms in total. The Morgan fingerprint density at radius 3 is 2.42 bits per heavy atom. The van der Waals surface area contributed by atoms with Crippen molar-refractivity contribution in [2.24, 2.45) is 0 Å². The third kappa shape index (κ3) is 2.24. The van der Waals surface area contributed by atoms with Crippen LogP contribution < -0.4 is 0 Å². The molecular weight excluding hydrogens is 256 g/mol. The zero-order chi connectivity index (χ0) is 13.4. The number of H-pyrrole nitrogens is 1. The topological polar surface area (TPSA) is 28.7 Å². The van der Waals surface area contributed by atoms with E-state index in [1.165, 1.54) is 5.56 Å². The van der Waals surface area contributed by atoms with Gasteiger partial charge < -0.3 is 4.98 Å². The molecule has 0 atom stereocenters. The van der Waals surface area contributed by atoms with Crippen molar-refractivity contribution >= 4 is 22.6 Å². The van der Waals surface area contributed by atoms with Crippen LogP contribution in [0.3, 0.4) is 0 Å². The van der Waals surface area contributed by atoms with Gasteiger partial charge in [0.15, 0.2) is 0 Å². The average Bonchev–Trinajstić information content (AvgIpc) is 2.84. The SMILES string of the molecule is CC(C)c1ccc(-c2nc3c(Cl)cccc3[nH]2)cc1. The molecule has 3 heteroatoms. The number of nitrogens with one attached hydrogen (secondary N) is 1. The maximum atomic E-state index is 6.14. The molecule has 0 aliphatic heterocycles. The van der Waals surface area contributed by atoms with Crippen LogP contribution in [0.5, 0.6) is 0 Å². The number of para-hydroxylation sites is 1. The first-order valence-electron chi connectivity index (χ1n) is 6.39. The summed E-state index contributed by atoms with van der Waals surface area (Å²) in [5.41, 5.74) is 4.21. The largest absolute Gasteiger partial charge is 0.338 e. The molecular formula is C16H15ClN2. The summed E-state index contributed by atoms with van der Waals surface area (Å²) in [6, 6.07) is 14.3. The molecule has 2 aromatic carbocycles. The summed E-state index contributed by atoms with van der Waals surface area (Å²) < 4.78 is 0. The van der Waals surface area contributed by atoms with E-state index in [2.05, 4.69) is 48.1 Å². The van der Waals surface area contributed by atoms with Crippen molar-refractivity contribution < 1.29 is 0 Å². The quantitative estimate of drug-likeness (QED) is 0.697. The van der Waals surface area contributed by atoms with Crippen LogP contribution in [0.4, 0.5) is 0 Å². The number of nitrogens with zero attached hydrogens (tertiary/aromatic N) is 1. The van der Waals surface area contributed by atoms with E-state index < -0.39 is 0 Å². The Bertz CT molecular complexity index is 711. The van der Waals surface area contributed by atoms with Crippen LogP contribution in [-0.2, 0) is 0 Å². The number of rotatable bonds is 2. The Balaban J connectivity index is 2.06. The summed E-state index contributed by atoms with van der Waals surface area (Å²) in [6.45, 7) is 4.38. The van der Waals surface area contributed by atoms with Gasteiger partial charge in [0.05, 0.1) is 10.5 Å². The van der Waals surface area contributed by atoms with Crippen molar-refractivity contribution in [3.8, 4) is 11.4 Å².